The maximum absolute atomic E-state index is 14.3. The second-order valence-corrected chi connectivity index (χ2v) is 16.3. The van der Waals surface area contributed by atoms with Crippen LogP contribution in [-0.2, 0) is 26.6 Å². The summed E-state index contributed by atoms with van der Waals surface area (Å²) in [6.07, 6.45) is 0. The van der Waals surface area contributed by atoms with Crippen LogP contribution in [0.2, 0.25) is 10.0 Å². The van der Waals surface area contributed by atoms with Gasteiger partial charge in [0.1, 0.15) is 4.90 Å². The van der Waals surface area contributed by atoms with Gasteiger partial charge in [0.2, 0.25) is 10.0 Å². The summed E-state index contributed by atoms with van der Waals surface area (Å²) in [7, 11) is -8.12. The average Bonchev–Trinajstić information content (AvgIpc) is 3.06. The zero-order valence-corrected chi connectivity index (χ0v) is 30.1. The molecule has 0 N–H and O–H groups in total. The lowest BCUT2D eigenvalue weighted by atomic mass is 9.95. The number of halogens is 2. The Labute approximate surface area is 287 Å². The number of piperazine rings is 1. The van der Waals surface area contributed by atoms with E-state index in [1.165, 1.54) is 31.7 Å². The molecule has 1 fully saturated rings. The Balaban J connectivity index is 1.41. The van der Waals surface area contributed by atoms with E-state index in [1.807, 2.05) is 65.0 Å². The Hall–Kier alpha value is -3.41. The van der Waals surface area contributed by atoms with Crippen LogP contribution in [0.4, 0.5) is 5.69 Å². The van der Waals surface area contributed by atoms with Crippen LogP contribution in [0, 0.1) is 34.6 Å². The van der Waals surface area contributed by atoms with Crippen LogP contribution < -0.4 is 4.31 Å². The van der Waals surface area contributed by atoms with Gasteiger partial charge in [-0.1, -0.05) is 65.7 Å². The Morgan fingerprint density at radius 1 is 0.702 bits per heavy atom. The largest absolute Gasteiger partial charge is 0.336 e. The first-order valence-electron chi connectivity index (χ1n) is 15.1. The Kier molecular flexibility index (Phi) is 10.1. The van der Waals surface area contributed by atoms with Gasteiger partial charge in [0.05, 0.1) is 27.2 Å². The minimum atomic E-state index is -4.31. The van der Waals surface area contributed by atoms with Gasteiger partial charge < -0.3 is 4.90 Å². The van der Waals surface area contributed by atoms with Gasteiger partial charge in [-0.3, -0.25) is 9.10 Å². The minimum absolute atomic E-state index is 0.0170. The van der Waals surface area contributed by atoms with Crippen LogP contribution in [-0.4, -0.2) is 58.1 Å². The number of hydrogen-bond acceptors (Lipinski definition) is 5. The molecule has 0 saturated carbocycles. The first kappa shape index (κ1) is 34.9. The van der Waals surface area contributed by atoms with Crippen molar-refractivity contribution in [3.05, 3.63) is 122 Å². The number of carbonyl (C=O) groups excluding carboxylic acids is 1. The molecule has 47 heavy (non-hydrogen) atoms. The summed E-state index contributed by atoms with van der Waals surface area (Å²) < 4.78 is 58.8. The van der Waals surface area contributed by atoms with E-state index >= 15 is 0 Å². The predicted molar refractivity (Wildman–Crippen MR) is 188 cm³/mol. The van der Waals surface area contributed by atoms with Gasteiger partial charge in [-0.2, -0.15) is 4.31 Å². The van der Waals surface area contributed by atoms with Crippen molar-refractivity contribution in [2.75, 3.05) is 30.5 Å². The highest BCUT2D eigenvalue weighted by Crippen LogP contribution is 2.35. The van der Waals surface area contributed by atoms with Crippen molar-refractivity contribution in [2.24, 2.45) is 0 Å². The number of sulfonamides is 2. The number of amides is 1. The van der Waals surface area contributed by atoms with Crippen LogP contribution in [0.15, 0.2) is 82.6 Å². The number of benzene rings is 4. The van der Waals surface area contributed by atoms with Crippen LogP contribution in [0.5, 0.6) is 0 Å². The standard InChI is InChI=1S/C35H37Cl2N3O5S2/c1-23-24(2)26(4)34(27(5)25(23)3)47(44,45)39-19-17-38(18-20-39)35(41)29-15-16-31(37)33(21-29)46(42,43)40(22-28-11-7-6-8-12-28)32-14-10-9-13-30(32)36/h6-16,21H,17-20,22H2,1-5H3. The van der Waals surface area contributed by atoms with Crippen molar-refractivity contribution < 1.29 is 21.6 Å². The van der Waals surface area contributed by atoms with Gasteiger partial charge in [-0.05, 0) is 98.3 Å². The highest BCUT2D eigenvalue weighted by Gasteiger charge is 2.35. The fourth-order valence-electron chi connectivity index (χ4n) is 5.95. The number of nitrogens with zero attached hydrogens (tertiary/aromatic N) is 3. The molecule has 0 aliphatic carbocycles. The van der Waals surface area contributed by atoms with Crippen LogP contribution in [0.1, 0.15) is 43.7 Å². The van der Waals surface area contributed by atoms with Gasteiger partial charge in [0.25, 0.3) is 15.9 Å². The number of rotatable bonds is 8. The monoisotopic (exact) mass is 713 g/mol. The van der Waals surface area contributed by atoms with E-state index in [0.29, 0.717) is 4.90 Å². The Bertz CT molecular complexity index is 2030. The molecule has 4 aromatic carbocycles. The van der Waals surface area contributed by atoms with E-state index in [2.05, 4.69) is 0 Å². The van der Waals surface area contributed by atoms with Gasteiger partial charge in [0.15, 0.2) is 0 Å². The number of anilines is 1. The highest BCUT2D eigenvalue weighted by molar-refractivity contribution is 7.93. The third-order valence-electron chi connectivity index (χ3n) is 9.09. The molecule has 0 spiro atoms. The van der Waals surface area contributed by atoms with E-state index in [4.69, 9.17) is 23.2 Å². The molecular weight excluding hydrogens is 677 g/mol. The smallest absolute Gasteiger partial charge is 0.266 e. The lowest BCUT2D eigenvalue weighted by molar-refractivity contribution is 0.0697. The minimum Gasteiger partial charge on any atom is -0.336 e. The number of hydrogen-bond donors (Lipinski definition) is 0. The van der Waals surface area contributed by atoms with Crippen LogP contribution in [0.25, 0.3) is 0 Å². The first-order valence-corrected chi connectivity index (χ1v) is 18.8. The molecule has 8 nitrogen and oxygen atoms in total. The van der Waals surface area contributed by atoms with Crippen molar-refractivity contribution in [1.82, 2.24) is 9.21 Å². The Morgan fingerprint density at radius 2 is 1.26 bits per heavy atom. The molecule has 0 atom stereocenters. The zero-order chi connectivity index (χ0) is 34.3. The number of para-hydroxylation sites is 1. The van der Waals surface area contributed by atoms with E-state index in [9.17, 15) is 21.6 Å². The van der Waals surface area contributed by atoms with E-state index in [-0.39, 0.29) is 58.9 Å². The van der Waals surface area contributed by atoms with E-state index in [1.54, 1.807) is 24.3 Å². The molecule has 0 aromatic heterocycles. The second kappa shape index (κ2) is 13.6. The molecule has 1 aliphatic heterocycles. The molecule has 0 bridgehead atoms. The number of carbonyl (C=O) groups is 1. The molecule has 12 heteroatoms. The predicted octanol–water partition coefficient (Wildman–Crippen LogP) is 7.08. The van der Waals surface area contributed by atoms with Gasteiger partial charge >= 0.3 is 0 Å². The molecule has 1 saturated heterocycles. The second-order valence-electron chi connectivity index (χ2n) is 11.7. The lowest BCUT2D eigenvalue weighted by Gasteiger charge is -2.35. The fourth-order valence-corrected chi connectivity index (χ4v) is 10.2. The van der Waals surface area contributed by atoms with Crippen molar-refractivity contribution >= 4 is 54.8 Å². The fraction of sp³-hybridized carbons (Fsp3) is 0.286. The van der Waals surface area contributed by atoms with Gasteiger partial charge in [-0.15, -0.1) is 0 Å². The normalized spacial score (nSPS) is 14.3. The lowest BCUT2D eigenvalue weighted by Crippen LogP contribution is -2.50. The summed E-state index contributed by atoms with van der Waals surface area (Å²) in [6, 6.07) is 19.9. The summed E-state index contributed by atoms with van der Waals surface area (Å²) in [4.78, 5) is 15.3. The molecule has 0 unspecified atom stereocenters. The topological polar surface area (TPSA) is 95.1 Å². The highest BCUT2D eigenvalue weighted by atomic mass is 35.5. The van der Waals surface area contributed by atoms with Crippen LogP contribution >= 0.6 is 23.2 Å². The van der Waals surface area contributed by atoms with E-state index < -0.39 is 26.0 Å². The summed E-state index contributed by atoms with van der Waals surface area (Å²) in [5.74, 6) is -0.420. The van der Waals surface area contributed by atoms with Gasteiger partial charge in [0, 0.05) is 31.7 Å². The molecule has 1 aliphatic rings. The van der Waals surface area contributed by atoms with Crippen molar-refractivity contribution in [3.63, 3.8) is 0 Å². The maximum Gasteiger partial charge on any atom is 0.266 e. The summed E-state index contributed by atoms with van der Waals surface area (Å²) in [5, 5.41) is 0.196. The molecular formula is C35H37Cl2N3O5S2. The molecule has 0 radical (unpaired) electrons. The van der Waals surface area contributed by atoms with Crippen molar-refractivity contribution in [3.8, 4) is 0 Å². The van der Waals surface area contributed by atoms with Crippen molar-refractivity contribution in [1.29, 1.82) is 0 Å². The van der Waals surface area contributed by atoms with E-state index in [0.717, 1.165) is 33.4 Å². The average molecular weight is 715 g/mol. The summed E-state index contributed by atoms with van der Waals surface area (Å²) >= 11 is 13.0. The Morgan fingerprint density at radius 3 is 1.85 bits per heavy atom. The SMILES string of the molecule is Cc1c(C)c(C)c(S(=O)(=O)N2CCN(C(=O)c3ccc(Cl)c(S(=O)(=O)N(Cc4ccccc4)c4ccccc4Cl)c3)CC2)c(C)c1C. The molecule has 5 rings (SSSR count). The van der Waals surface area contributed by atoms with Gasteiger partial charge in [-0.25, -0.2) is 16.8 Å². The quantitative estimate of drug-likeness (QED) is 0.195. The maximum atomic E-state index is 14.3. The molecule has 248 valence electrons. The summed E-state index contributed by atoms with van der Waals surface area (Å²) in [6.45, 7) is 10.0. The molecule has 1 amide bonds. The van der Waals surface area contributed by atoms with Crippen LogP contribution in [0.3, 0.4) is 0 Å². The third kappa shape index (κ3) is 6.67. The molecule has 1 heterocycles. The third-order valence-corrected chi connectivity index (χ3v) is 13.8. The zero-order valence-electron chi connectivity index (χ0n) is 26.9. The first-order chi connectivity index (χ1) is 22.2. The van der Waals surface area contributed by atoms with Crippen molar-refractivity contribution in [2.45, 2.75) is 51.0 Å². The molecule has 4 aromatic rings. The summed E-state index contributed by atoms with van der Waals surface area (Å²) in [5.41, 5.74) is 5.57.